The molecule has 1 saturated heterocycles. The second-order valence-corrected chi connectivity index (χ2v) is 6.64. The van der Waals surface area contributed by atoms with Crippen molar-refractivity contribution in [3.63, 3.8) is 0 Å². The number of anilines is 1. The number of carbonyl (C=O) groups is 2. The summed E-state index contributed by atoms with van der Waals surface area (Å²) >= 11 is 5.63. The number of benzene rings is 1. The van der Waals surface area contributed by atoms with Crippen LogP contribution in [0.25, 0.3) is 0 Å². The van der Waals surface area contributed by atoms with Gasteiger partial charge in [0.25, 0.3) is 0 Å². The van der Waals surface area contributed by atoms with Crippen molar-refractivity contribution in [2.75, 3.05) is 11.9 Å². The van der Waals surface area contributed by atoms with Crippen molar-refractivity contribution in [3.8, 4) is 0 Å². The molecule has 1 aliphatic heterocycles. The second kappa shape index (κ2) is 7.56. The zero-order valence-corrected chi connectivity index (χ0v) is 14.7. The quantitative estimate of drug-likeness (QED) is 0.854. The van der Waals surface area contributed by atoms with E-state index in [0.717, 1.165) is 17.7 Å². The number of halogens is 4. The first-order valence-electron chi connectivity index (χ1n) is 8.08. The van der Waals surface area contributed by atoms with Gasteiger partial charge in [0.15, 0.2) is 0 Å². The zero-order chi connectivity index (χ0) is 19.6. The Labute approximate surface area is 158 Å². The number of likely N-dealkylation sites (tertiary alicyclic amines) is 1. The molecule has 1 aromatic heterocycles. The number of hydrogen-bond acceptors (Lipinski definition) is 3. The molecule has 0 aliphatic carbocycles. The number of pyridine rings is 1. The van der Waals surface area contributed by atoms with Crippen LogP contribution in [0.3, 0.4) is 0 Å². The maximum atomic E-state index is 13.1. The number of nitrogens with zero attached hydrogens (tertiary/aromatic N) is 2. The van der Waals surface area contributed by atoms with Gasteiger partial charge < -0.3 is 10.2 Å². The first kappa shape index (κ1) is 19.2. The Bertz CT molecular complexity index is 859. The molecule has 2 aromatic rings. The number of aromatic nitrogens is 1. The van der Waals surface area contributed by atoms with Gasteiger partial charge in [0.2, 0.25) is 11.8 Å². The number of hydrogen-bond donors (Lipinski definition) is 1. The van der Waals surface area contributed by atoms with E-state index < -0.39 is 23.6 Å². The van der Waals surface area contributed by atoms with Crippen LogP contribution in [0.15, 0.2) is 42.7 Å². The lowest BCUT2D eigenvalue weighted by atomic mass is 10.1. The lowest BCUT2D eigenvalue weighted by molar-refractivity contribution is -0.137. The van der Waals surface area contributed by atoms with Crippen LogP contribution in [0.5, 0.6) is 0 Å². The predicted octanol–water partition coefficient (Wildman–Crippen LogP) is 3.74. The van der Waals surface area contributed by atoms with Crippen molar-refractivity contribution in [2.24, 2.45) is 5.92 Å². The minimum atomic E-state index is -4.66. The average Bonchev–Trinajstić information content (AvgIpc) is 2.97. The van der Waals surface area contributed by atoms with Crippen LogP contribution >= 0.6 is 11.6 Å². The lowest BCUT2D eigenvalue weighted by Gasteiger charge is -2.18. The summed E-state index contributed by atoms with van der Waals surface area (Å²) in [5.74, 6) is -1.58. The molecule has 0 radical (unpaired) electrons. The molecule has 5 nitrogen and oxygen atoms in total. The molecule has 0 spiro atoms. The van der Waals surface area contributed by atoms with Gasteiger partial charge in [-0.1, -0.05) is 11.6 Å². The van der Waals surface area contributed by atoms with Crippen molar-refractivity contribution in [2.45, 2.75) is 19.1 Å². The Kier molecular flexibility index (Phi) is 5.36. The molecule has 142 valence electrons. The smallest absolute Gasteiger partial charge is 0.338 e. The summed E-state index contributed by atoms with van der Waals surface area (Å²) in [6, 6.07) is 6.64. The maximum absolute atomic E-state index is 13.1. The van der Waals surface area contributed by atoms with Gasteiger partial charge >= 0.3 is 6.18 Å². The molecular formula is C18H15ClF3N3O2. The SMILES string of the molecule is O=C(Nc1ccc(Cl)cc1C(F)(F)F)C1CC(=O)N(Cc2ccncc2)C1. The van der Waals surface area contributed by atoms with Gasteiger partial charge in [0.05, 0.1) is 17.2 Å². The van der Waals surface area contributed by atoms with Gasteiger partial charge in [0, 0.05) is 36.9 Å². The number of nitrogens with one attached hydrogen (secondary N) is 1. The topological polar surface area (TPSA) is 62.3 Å². The van der Waals surface area contributed by atoms with Crippen LogP contribution in [0, 0.1) is 5.92 Å². The van der Waals surface area contributed by atoms with Crippen LogP contribution in [-0.4, -0.2) is 28.2 Å². The molecule has 2 heterocycles. The number of alkyl halides is 3. The Balaban J connectivity index is 1.70. The van der Waals surface area contributed by atoms with Gasteiger partial charge in [0.1, 0.15) is 0 Å². The van der Waals surface area contributed by atoms with E-state index in [-0.39, 0.29) is 29.6 Å². The minimum Gasteiger partial charge on any atom is -0.338 e. The summed E-state index contributed by atoms with van der Waals surface area (Å²) < 4.78 is 39.4. The summed E-state index contributed by atoms with van der Waals surface area (Å²) in [6.07, 6.45) is -1.52. The highest BCUT2D eigenvalue weighted by Crippen LogP contribution is 2.37. The molecule has 1 fully saturated rings. The van der Waals surface area contributed by atoms with E-state index in [2.05, 4.69) is 10.3 Å². The number of amides is 2. The van der Waals surface area contributed by atoms with E-state index >= 15 is 0 Å². The van der Waals surface area contributed by atoms with Crippen LogP contribution in [0.2, 0.25) is 5.02 Å². The normalized spacial score (nSPS) is 17.3. The van der Waals surface area contributed by atoms with Crippen LogP contribution in [0.4, 0.5) is 18.9 Å². The van der Waals surface area contributed by atoms with Crippen LogP contribution < -0.4 is 5.32 Å². The molecule has 1 aromatic carbocycles. The van der Waals surface area contributed by atoms with Crippen molar-refractivity contribution < 1.29 is 22.8 Å². The largest absolute Gasteiger partial charge is 0.418 e. The Morgan fingerprint density at radius 1 is 1.26 bits per heavy atom. The summed E-state index contributed by atoms with van der Waals surface area (Å²) in [4.78, 5) is 30.0. The fourth-order valence-electron chi connectivity index (χ4n) is 2.90. The minimum absolute atomic E-state index is 0.0497. The van der Waals surface area contributed by atoms with Crippen molar-refractivity contribution in [1.82, 2.24) is 9.88 Å². The molecule has 0 saturated carbocycles. The molecule has 3 rings (SSSR count). The fraction of sp³-hybridized carbons (Fsp3) is 0.278. The van der Waals surface area contributed by atoms with Gasteiger partial charge in [-0.25, -0.2) is 0 Å². The Morgan fingerprint density at radius 3 is 2.63 bits per heavy atom. The van der Waals surface area contributed by atoms with E-state index in [0.29, 0.717) is 6.54 Å². The summed E-state index contributed by atoms with van der Waals surface area (Å²) in [5.41, 5.74) is -0.547. The van der Waals surface area contributed by atoms with Crippen LogP contribution in [-0.2, 0) is 22.3 Å². The standard InChI is InChI=1S/C18H15ClF3N3O2/c19-13-1-2-15(14(8-13)18(20,21)22)24-17(27)12-7-16(26)25(10-12)9-11-3-5-23-6-4-11/h1-6,8,12H,7,9-10H2,(H,24,27). The molecule has 1 N–H and O–H groups in total. The number of rotatable bonds is 4. The van der Waals surface area contributed by atoms with Crippen LogP contribution in [0.1, 0.15) is 17.5 Å². The predicted molar refractivity (Wildman–Crippen MR) is 92.8 cm³/mol. The molecule has 27 heavy (non-hydrogen) atoms. The van der Waals surface area contributed by atoms with E-state index in [1.165, 1.54) is 11.0 Å². The first-order valence-corrected chi connectivity index (χ1v) is 8.46. The van der Waals surface area contributed by atoms with E-state index in [9.17, 15) is 22.8 Å². The van der Waals surface area contributed by atoms with Gasteiger partial charge in [-0.2, -0.15) is 13.2 Å². The summed E-state index contributed by atoms with van der Waals surface area (Å²) in [5, 5.41) is 2.20. The van der Waals surface area contributed by atoms with E-state index in [4.69, 9.17) is 11.6 Å². The molecule has 1 atom stereocenters. The maximum Gasteiger partial charge on any atom is 0.418 e. The highest BCUT2D eigenvalue weighted by Gasteiger charge is 2.37. The molecule has 9 heteroatoms. The van der Waals surface area contributed by atoms with Crippen molar-refractivity contribution >= 4 is 29.1 Å². The molecule has 1 aliphatic rings. The number of carbonyl (C=O) groups excluding carboxylic acids is 2. The second-order valence-electron chi connectivity index (χ2n) is 6.21. The lowest BCUT2D eigenvalue weighted by Crippen LogP contribution is -2.28. The monoisotopic (exact) mass is 397 g/mol. The third kappa shape index (κ3) is 4.57. The first-order chi connectivity index (χ1) is 12.7. The average molecular weight is 398 g/mol. The molecular weight excluding hydrogens is 383 g/mol. The molecule has 2 amide bonds. The third-order valence-electron chi connectivity index (χ3n) is 4.25. The third-order valence-corrected chi connectivity index (χ3v) is 4.49. The fourth-order valence-corrected chi connectivity index (χ4v) is 3.08. The van der Waals surface area contributed by atoms with E-state index in [1.54, 1.807) is 24.5 Å². The summed E-state index contributed by atoms with van der Waals surface area (Å²) in [7, 11) is 0. The van der Waals surface area contributed by atoms with Gasteiger partial charge in [-0.05, 0) is 35.9 Å². The van der Waals surface area contributed by atoms with Crippen molar-refractivity contribution in [3.05, 3.63) is 58.9 Å². The highest BCUT2D eigenvalue weighted by molar-refractivity contribution is 6.30. The Morgan fingerprint density at radius 2 is 1.96 bits per heavy atom. The summed E-state index contributed by atoms with van der Waals surface area (Å²) in [6.45, 7) is 0.460. The zero-order valence-electron chi connectivity index (χ0n) is 14.0. The Hall–Kier alpha value is -2.61. The molecule has 0 bridgehead atoms. The molecule has 1 unspecified atom stereocenters. The highest BCUT2D eigenvalue weighted by atomic mass is 35.5. The van der Waals surface area contributed by atoms with E-state index in [1.807, 2.05) is 0 Å². The van der Waals surface area contributed by atoms with Gasteiger partial charge in [-0.15, -0.1) is 0 Å². The van der Waals surface area contributed by atoms with Crippen molar-refractivity contribution in [1.29, 1.82) is 0 Å². The van der Waals surface area contributed by atoms with Gasteiger partial charge in [-0.3, -0.25) is 14.6 Å².